The zero-order valence-electron chi connectivity index (χ0n) is 17.8. The number of amides is 2. The van der Waals surface area contributed by atoms with Gasteiger partial charge in [0.15, 0.2) is 0 Å². The van der Waals surface area contributed by atoms with Crippen LogP contribution in [0.4, 0.5) is 15.8 Å². The summed E-state index contributed by atoms with van der Waals surface area (Å²) in [7, 11) is -4.15. The summed E-state index contributed by atoms with van der Waals surface area (Å²) < 4.78 is 41.4. The van der Waals surface area contributed by atoms with Crippen LogP contribution in [0.3, 0.4) is 0 Å². The van der Waals surface area contributed by atoms with Gasteiger partial charge in [0.1, 0.15) is 5.82 Å². The van der Waals surface area contributed by atoms with Crippen molar-refractivity contribution in [3.05, 3.63) is 88.2 Å². The van der Waals surface area contributed by atoms with Crippen LogP contribution in [0.25, 0.3) is 0 Å². The molecule has 3 rings (SSSR count). The van der Waals surface area contributed by atoms with Crippen LogP contribution in [0.1, 0.15) is 21.5 Å². The largest absolute Gasteiger partial charge is 0.343 e. The number of anilines is 2. The van der Waals surface area contributed by atoms with E-state index in [1.807, 2.05) is 6.92 Å². The van der Waals surface area contributed by atoms with Crippen LogP contribution < -0.4 is 15.4 Å². The third-order valence-corrected chi connectivity index (χ3v) is 6.37. The van der Waals surface area contributed by atoms with Gasteiger partial charge in [0.25, 0.3) is 15.9 Å². The van der Waals surface area contributed by atoms with Crippen molar-refractivity contribution in [2.75, 3.05) is 16.6 Å². The minimum absolute atomic E-state index is 0.0626. The zero-order chi connectivity index (χ0) is 24.2. The van der Waals surface area contributed by atoms with Crippen LogP contribution in [-0.4, -0.2) is 26.8 Å². The Balaban J connectivity index is 1.71. The molecule has 0 aliphatic carbocycles. The highest BCUT2D eigenvalue weighted by atomic mass is 35.5. The van der Waals surface area contributed by atoms with E-state index < -0.39 is 27.7 Å². The number of sulfonamides is 1. The van der Waals surface area contributed by atoms with Gasteiger partial charge in [-0.05, 0) is 61.4 Å². The summed E-state index contributed by atoms with van der Waals surface area (Å²) in [5.74, 6) is -1.87. The molecule has 0 saturated carbocycles. The number of carbonyl (C=O) groups excluding carboxylic acids is 2. The number of para-hydroxylation sites is 1. The molecule has 0 atom stereocenters. The summed E-state index contributed by atoms with van der Waals surface area (Å²) in [5, 5.41) is 5.43. The molecular formula is C23H21ClFN3O4S. The van der Waals surface area contributed by atoms with Crippen molar-refractivity contribution < 1.29 is 22.4 Å². The Hall–Kier alpha value is -3.43. The third-order valence-electron chi connectivity index (χ3n) is 4.69. The highest BCUT2D eigenvalue weighted by Gasteiger charge is 2.20. The van der Waals surface area contributed by atoms with Crippen LogP contribution in [0.2, 0.25) is 5.02 Å². The molecule has 172 valence electrons. The van der Waals surface area contributed by atoms with Crippen LogP contribution in [0, 0.1) is 19.7 Å². The van der Waals surface area contributed by atoms with Gasteiger partial charge in [-0.2, -0.15) is 0 Å². The lowest BCUT2D eigenvalue weighted by molar-refractivity contribution is -0.115. The Kier molecular flexibility index (Phi) is 7.35. The van der Waals surface area contributed by atoms with Crippen molar-refractivity contribution in [1.29, 1.82) is 0 Å². The number of benzene rings is 3. The van der Waals surface area contributed by atoms with E-state index in [0.29, 0.717) is 16.3 Å². The first-order chi connectivity index (χ1) is 15.6. The summed E-state index contributed by atoms with van der Waals surface area (Å²) in [4.78, 5) is 24.6. The number of aryl methyl sites for hydroxylation is 2. The minimum atomic E-state index is -4.15. The molecular weight excluding hydrogens is 469 g/mol. The standard InChI is InChI=1S/C23H21ClFN3O4S/c1-14-7-10-20(18(24)11-14)27-22(29)13-26-23(30)17-12-16(9-8-15(17)2)33(31,32)28-21-6-4-3-5-19(21)25/h3-12,28H,13H2,1-2H3,(H,26,30)(H,27,29). The molecule has 0 bridgehead atoms. The van der Waals surface area contributed by atoms with E-state index >= 15 is 0 Å². The van der Waals surface area contributed by atoms with Gasteiger partial charge < -0.3 is 10.6 Å². The summed E-state index contributed by atoms with van der Waals surface area (Å²) >= 11 is 6.09. The molecule has 0 heterocycles. The average molecular weight is 490 g/mol. The molecule has 0 aliphatic rings. The van der Waals surface area contributed by atoms with E-state index in [1.165, 1.54) is 36.4 Å². The number of halogens is 2. The minimum Gasteiger partial charge on any atom is -0.343 e. The number of rotatable bonds is 7. The van der Waals surface area contributed by atoms with Gasteiger partial charge in [0, 0.05) is 5.56 Å². The highest BCUT2D eigenvalue weighted by molar-refractivity contribution is 7.92. The van der Waals surface area contributed by atoms with Gasteiger partial charge in [0.05, 0.1) is 27.8 Å². The van der Waals surface area contributed by atoms with Crippen LogP contribution in [0.15, 0.2) is 65.6 Å². The first-order valence-corrected chi connectivity index (χ1v) is 11.6. The van der Waals surface area contributed by atoms with Crippen LogP contribution >= 0.6 is 11.6 Å². The second-order valence-corrected chi connectivity index (χ2v) is 9.37. The molecule has 0 radical (unpaired) electrons. The second-order valence-electron chi connectivity index (χ2n) is 7.28. The maximum Gasteiger partial charge on any atom is 0.262 e. The highest BCUT2D eigenvalue weighted by Crippen LogP contribution is 2.23. The smallest absolute Gasteiger partial charge is 0.262 e. The Labute approximate surface area is 196 Å². The Morgan fingerprint density at radius 1 is 0.970 bits per heavy atom. The van der Waals surface area contributed by atoms with Gasteiger partial charge in [-0.3, -0.25) is 14.3 Å². The third kappa shape index (κ3) is 6.09. The van der Waals surface area contributed by atoms with E-state index in [-0.39, 0.29) is 22.7 Å². The normalized spacial score (nSPS) is 11.0. The number of nitrogens with one attached hydrogen (secondary N) is 3. The first-order valence-electron chi connectivity index (χ1n) is 9.79. The van der Waals surface area contributed by atoms with E-state index in [1.54, 1.807) is 25.1 Å². The zero-order valence-corrected chi connectivity index (χ0v) is 19.4. The predicted octanol–water partition coefficient (Wildman–Crippen LogP) is 4.27. The van der Waals surface area contributed by atoms with Crippen molar-refractivity contribution in [3.63, 3.8) is 0 Å². The van der Waals surface area contributed by atoms with E-state index in [9.17, 15) is 22.4 Å². The van der Waals surface area contributed by atoms with Crippen molar-refractivity contribution >= 4 is 44.8 Å². The fraction of sp³-hybridized carbons (Fsp3) is 0.130. The lowest BCUT2D eigenvalue weighted by Crippen LogP contribution is -2.33. The molecule has 10 heteroatoms. The Bertz CT molecular complexity index is 1330. The Morgan fingerprint density at radius 3 is 2.39 bits per heavy atom. The molecule has 0 fully saturated rings. The summed E-state index contributed by atoms with van der Waals surface area (Å²) in [6, 6.07) is 14.4. The fourth-order valence-electron chi connectivity index (χ4n) is 2.93. The molecule has 7 nitrogen and oxygen atoms in total. The SMILES string of the molecule is Cc1ccc(NC(=O)CNC(=O)c2cc(S(=O)(=O)Nc3ccccc3F)ccc2C)c(Cl)c1. The molecule has 2 amide bonds. The van der Waals surface area contributed by atoms with Crippen LogP contribution in [0.5, 0.6) is 0 Å². The van der Waals surface area contributed by atoms with E-state index in [4.69, 9.17) is 11.6 Å². The molecule has 0 unspecified atom stereocenters. The van der Waals surface area contributed by atoms with Crippen molar-refractivity contribution in [3.8, 4) is 0 Å². The monoisotopic (exact) mass is 489 g/mol. The lowest BCUT2D eigenvalue weighted by Gasteiger charge is -2.12. The Morgan fingerprint density at radius 2 is 1.70 bits per heavy atom. The van der Waals surface area contributed by atoms with Gasteiger partial charge in [-0.15, -0.1) is 0 Å². The average Bonchev–Trinajstić information content (AvgIpc) is 2.75. The quantitative estimate of drug-likeness (QED) is 0.461. The van der Waals surface area contributed by atoms with Crippen molar-refractivity contribution in [2.24, 2.45) is 0 Å². The topological polar surface area (TPSA) is 104 Å². The maximum atomic E-state index is 13.8. The number of carbonyl (C=O) groups is 2. The molecule has 0 spiro atoms. The maximum absolute atomic E-state index is 13.8. The van der Waals surface area contributed by atoms with Gasteiger partial charge in [-0.1, -0.05) is 35.9 Å². The van der Waals surface area contributed by atoms with Crippen LogP contribution in [-0.2, 0) is 14.8 Å². The van der Waals surface area contributed by atoms with Crippen molar-refractivity contribution in [2.45, 2.75) is 18.7 Å². The molecule has 3 aromatic carbocycles. The number of hydrogen-bond donors (Lipinski definition) is 3. The molecule has 3 N–H and O–H groups in total. The van der Waals surface area contributed by atoms with Gasteiger partial charge in [-0.25, -0.2) is 12.8 Å². The molecule has 33 heavy (non-hydrogen) atoms. The van der Waals surface area contributed by atoms with Crippen molar-refractivity contribution in [1.82, 2.24) is 5.32 Å². The fourth-order valence-corrected chi connectivity index (χ4v) is 4.31. The summed E-state index contributed by atoms with van der Waals surface area (Å²) in [6.07, 6.45) is 0. The summed E-state index contributed by atoms with van der Waals surface area (Å²) in [6.45, 7) is 3.13. The van der Waals surface area contributed by atoms with E-state index in [0.717, 1.165) is 11.6 Å². The van der Waals surface area contributed by atoms with E-state index in [2.05, 4.69) is 15.4 Å². The number of hydrogen-bond acceptors (Lipinski definition) is 4. The predicted molar refractivity (Wildman–Crippen MR) is 126 cm³/mol. The summed E-state index contributed by atoms with van der Waals surface area (Å²) in [5.41, 5.74) is 1.69. The van der Waals surface area contributed by atoms with Gasteiger partial charge >= 0.3 is 0 Å². The molecule has 0 aromatic heterocycles. The lowest BCUT2D eigenvalue weighted by atomic mass is 10.1. The molecule has 3 aromatic rings. The second kappa shape index (κ2) is 10.0. The molecule has 0 aliphatic heterocycles. The first kappa shape index (κ1) is 24.2. The van der Waals surface area contributed by atoms with Gasteiger partial charge in [0.2, 0.25) is 5.91 Å². The molecule has 0 saturated heterocycles.